The SMILES string of the molecule is COC(=O)c1cc(OC)ccc1Oc1cccc(C(F)(F)F)c1. The van der Waals surface area contributed by atoms with Crippen LogP contribution in [0.2, 0.25) is 0 Å². The van der Waals surface area contributed by atoms with Crippen LogP contribution < -0.4 is 9.47 Å². The van der Waals surface area contributed by atoms with Gasteiger partial charge in [-0.1, -0.05) is 6.07 Å². The van der Waals surface area contributed by atoms with Gasteiger partial charge in [0.05, 0.1) is 19.8 Å². The van der Waals surface area contributed by atoms with E-state index in [9.17, 15) is 18.0 Å². The van der Waals surface area contributed by atoms with Crippen molar-refractivity contribution in [2.75, 3.05) is 14.2 Å². The summed E-state index contributed by atoms with van der Waals surface area (Å²) >= 11 is 0. The van der Waals surface area contributed by atoms with Gasteiger partial charge in [-0.3, -0.25) is 0 Å². The van der Waals surface area contributed by atoms with Crippen molar-refractivity contribution in [1.82, 2.24) is 0 Å². The zero-order valence-corrected chi connectivity index (χ0v) is 12.3. The number of carbonyl (C=O) groups is 1. The summed E-state index contributed by atoms with van der Waals surface area (Å²) in [6.45, 7) is 0. The Morgan fingerprint density at radius 2 is 1.74 bits per heavy atom. The van der Waals surface area contributed by atoms with Crippen LogP contribution in [-0.2, 0) is 10.9 Å². The highest BCUT2D eigenvalue weighted by Crippen LogP contribution is 2.34. The first-order valence-electron chi connectivity index (χ1n) is 6.46. The average molecular weight is 326 g/mol. The van der Waals surface area contributed by atoms with E-state index in [2.05, 4.69) is 4.74 Å². The van der Waals surface area contributed by atoms with Gasteiger partial charge in [0, 0.05) is 0 Å². The van der Waals surface area contributed by atoms with Crippen molar-refractivity contribution < 1.29 is 32.2 Å². The molecule has 0 aliphatic rings. The van der Waals surface area contributed by atoms with Crippen molar-refractivity contribution in [1.29, 1.82) is 0 Å². The van der Waals surface area contributed by atoms with Crippen molar-refractivity contribution >= 4 is 5.97 Å². The van der Waals surface area contributed by atoms with E-state index in [1.807, 2.05) is 0 Å². The number of hydrogen-bond acceptors (Lipinski definition) is 4. The van der Waals surface area contributed by atoms with E-state index in [0.29, 0.717) is 5.75 Å². The van der Waals surface area contributed by atoms with Crippen LogP contribution in [-0.4, -0.2) is 20.2 Å². The second kappa shape index (κ2) is 6.60. The maximum atomic E-state index is 12.7. The normalized spacial score (nSPS) is 11.0. The second-order valence-electron chi connectivity index (χ2n) is 4.48. The first kappa shape index (κ1) is 16.7. The van der Waals surface area contributed by atoms with Gasteiger partial charge in [-0.05, 0) is 36.4 Å². The lowest BCUT2D eigenvalue weighted by Gasteiger charge is -2.13. The minimum atomic E-state index is -4.48. The molecule has 0 N–H and O–H groups in total. The fourth-order valence-corrected chi connectivity index (χ4v) is 1.86. The summed E-state index contributed by atoms with van der Waals surface area (Å²) in [6.07, 6.45) is -4.48. The van der Waals surface area contributed by atoms with Gasteiger partial charge < -0.3 is 14.2 Å². The Kier molecular flexibility index (Phi) is 4.78. The molecule has 2 aromatic carbocycles. The Labute approximate surface area is 130 Å². The number of alkyl halides is 3. The van der Waals surface area contributed by atoms with E-state index >= 15 is 0 Å². The number of esters is 1. The molecule has 0 aliphatic heterocycles. The summed E-state index contributed by atoms with van der Waals surface area (Å²) < 4.78 is 53.2. The molecule has 2 aromatic rings. The smallest absolute Gasteiger partial charge is 0.416 e. The highest BCUT2D eigenvalue weighted by atomic mass is 19.4. The van der Waals surface area contributed by atoms with E-state index < -0.39 is 17.7 Å². The van der Waals surface area contributed by atoms with Gasteiger partial charge in [0.1, 0.15) is 22.8 Å². The molecular weight excluding hydrogens is 313 g/mol. The van der Waals surface area contributed by atoms with Crippen LogP contribution in [0.25, 0.3) is 0 Å². The molecule has 0 saturated carbocycles. The van der Waals surface area contributed by atoms with Crippen LogP contribution in [0.1, 0.15) is 15.9 Å². The second-order valence-corrected chi connectivity index (χ2v) is 4.48. The van der Waals surface area contributed by atoms with E-state index in [-0.39, 0.29) is 17.1 Å². The van der Waals surface area contributed by atoms with Gasteiger partial charge in [-0.15, -0.1) is 0 Å². The molecule has 0 spiro atoms. The molecular formula is C16H13F3O4. The standard InChI is InChI=1S/C16H13F3O4/c1-21-11-6-7-14(13(9-11)15(20)22-2)23-12-5-3-4-10(8-12)16(17,18)19/h3-9H,1-2H3. The lowest BCUT2D eigenvalue weighted by molar-refractivity contribution is -0.137. The molecule has 0 unspecified atom stereocenters. The third-order valence-electron chi connectivity index (χ3n) is 2.98. The summed E-state index contributed by atoms with van der Waals surface area (Å²) in [5.74, 6) is -0.278. The molecule has 0 fully saturated rings. The van der Waals surface area contributed by atoms with Crippen LogP contribution >= 0.6 is 0 Å². The first-order valence-corrected chi connectivity index (χ1v) is 6.46. The maximum Gasteiger partial charge on any atom is 0.416 e. The monoisotopic (exact) mass is 326 g/mol. The summed E-state index contributed by atoms with van der Waals surface area (Å²) in [6, 6.07) is 8.70. The van der Waals surface area contributed by atoms with Crippen LogP contribution in [0.5, 0.6) is 17.2 Å². The molecule has 4 nitrogen and oxygen atoms in total. The van der Waals surface area contributed by atoms with E-state index in [4.69, 9.17) is 9.47 Å². The molecule has 2 rings (SSSR count). The number of carbonyl (C=O) groups excluding carboxylic acids is 1. The van der Waals surface area contributed by atoms with Crippen LogP contribution in [0.15, 0.2) is 42.5 Å². The molecule has 0 heterocycles. The highest BCUT2D eigenvalue weighted by molar-refractivity contribution is 5.93. The van der Waals surface area contributed by atoms with E-state index in [1.54, 1.807) is 0 Å². The Bertz CT molecular complexity index is 711. The van der Waals surface area contributed by atoms with Crippen molar-refractivity contribution in [3.8, 4) is 17.2 Å². The molecule has 0 atom stereocenters. The van der Waals surface area contributed by atoms with Gasteiger partial charge in [0.25, 0.3) is 0 Å². The summed E-state index contributed by atoms with van der Waals surface area (Å²) in [5.41, 5.74) is -0.799. The van der Waals surface area contributed by atoms with Crippen molar-refractivity contribution in [2.45, 2.75) is 6.18 Å². The predicted octanol–water partition coefficient (Wildman–Crippen LogP) is 4.29. The quantitative estimate of drug-likeness (QED) is 0.786. The van der Waals surface area contributed by atoms with Crippen molar-refractivity contribution in [3.05, 3.63) is 53.6 Å². The Morgan fingerprint density at radius 3 is 2.35 bits per heavy atom. The van der Waals surface area contributed by atoms with Gasteiger partial charge in [0.15, 0.2) is 0 Å². The third kappa shape index (κ3) is 3.94. The van der Waals surface area contributed by atoms with Crippen LogP contribution in [0.4, 0.5) is 13.2 Å². The van der Waals surface area contributed by atoms with Gasteiger partial charge >= 0.3 is 12.1 Å². The maximum absolute atomic E-state index is 12.7. The highest BCUT2D eigenvalue weighted by Gasteiger charge is 2.30. The lowest BCUT2D eigenvalue weighted by Crippen LogP contribution is -2.06. The minimum absolute atomic E-state index is 0.0456. The number of ether oxygens (including phenoxy) is 3. The topological polar surface area (TPSA) is 44.8 Å². The summed E-state index contributed by atoms with van der Waals surface area (Å²) in [5, 5.41) is 0. The fourth-order valence-electron chi connectivity index (χ4n) is 1.86. The largest absolute Gasteiger partial charge is 0.497 e. The van der Waals surface area contributed by atoms with Gasteiger partial charge in [-0.2, -0.15) is 13.2 Å². The van der Waals surface area contributed by atoms with Crippen LogP contribution in [0.3, 0.4) is 0 Å². The fraction of sp³-hybridized carbons (Fsp3) is 0.188. The van der Waals surface area contributed by atoms with Gasteiger partial charge in [0.2, 0.25) is 0 Å². The van der Waals surface area contributed by atoms with Gasteiger partial charge in [-0.25, -0.2) is 4.79 Å². The number of benzene rings is 2. The predicted molar refractivity (Wildman–Crippen MR) is 75.9 cm³/mol. The molecule has 0 amide bonds. The zero-order chi connectivity index (χ0) is 17.0. The van der Waals surface area contributed by atoms with Crippen LogP contribution in [0, 0.1) is 0 Å². The van der Waals surface area contributed by atoms with Crippen molar-refractivity contribution in [2.24, 2.45) is 0 Å². The number of halogens is 3. The van der Waals surface area contributed by atoms with E-state index in [1.165, 1.54) is 44.6 Å². The molecule has 0 aliphatic carbocycles. The molecule has 7 heteroatoms. The first-order chi connectivity index (χ1) is 10.8. The molecule has 122 valence electrons. The number of rotatable bonds is 4. The number of hydrogen-bond donors (Lipinski definition) is 0. The number of methoxy groups -OCH3 is 2. The zero-order valence-electron chi connectivity index (χ0n) is 12.3. The summed E-state index contributed by atoms with van der Waals surface area (Å²) in [7, 11) is 2.61. The molecule has 23 heavy (non-hydrogen) atoms. The molecule has 0 saturated heterocycles. The average Bonchev–Trinajstić information content (AvgIpc) is 2.54. The lowest BCUT2D eigenvalue weighted by atomic mass is 10.1. The molecule has 0 bridgehead atoms. The molecule has 0 aromatic heterocycles. The summed E-state index contributed by atoms with van der Waals surface area (Å²) in [4.78, 5) is 11.8. The Balaban J connectivity index is 2.38. The van der Waals surface area contributed by atoms with Crippen molar-refractivity contribution in [3.63, 3.8) is 0 Å². The molecule has 0 radical (unpaired) electrons. The van der Waals surface area contributed by atoms with E-state index in [0.717, 1.165) is 12.1 Å². The Hall–Kier alpha value is -2.70. The minimum Gasteiger partial charge on any atom is -0.497 e. The Morgan fingerprint density at radius 1 is 1.00 bits per heavy atom. The third-order valence-corrected chi connectivity index (χ3v) is 2.98.